The molecule has 0 aromatic carbocycles. The molecule has 1 aliphatic carbocycles. The van der Waals surface area contributed by atoms with E-state index in [0.717, 1.165) is 21.9 Å². The minimum Gasteiger partial charge on any atom is -0.316 e. The van der Waals surface area contributed by atoms with E-state index >= 15 is 0 Å². The number of rotatable bonds is 3. The van der Waals surface area contributed by atoms with Gasteiger partial charge in [0.2, 0.25) is 0 Å². The van der Waals surface area contributed by atoms with Gasteiger partial charge in [0.1, 0.15) is 0 Å². The van der Waals surface area contributed by atoms with Gasteiger partial charge >= 0.3 is 0 Å². The highest BCUT2D eigenvalue weighted by Crippen LogP contribution is 2.40. The van der Waals surface area contributed by atoms with Crippen LogP contribution in [-0.2, 0) is 0 Å². The lowest BCUT2D eigenvalue weighted by Gasteiger charge is -2.20. The summed E-state index contributed by atoms with van der Waals surface area (Å²) < 4.78 is 0. The molecule has 0 fully saturated rings. The number of nitrogens with two attached hydrogens (primary N) is 1. The van der Waals surface area contributed by atoms with Crippen LogP contribution in [0.3, 0.4) is 0 Å². The van der Waals surface area contributed by atoms with Gasteiger partial charge in [-0.3, -0.25) is 0 Å². The molecule has 0 radical (unpaired) electrons. The summed E-state index contributed by atoms with van der Waals surface area (Å²) in [6, 6.07) is 0. The van der Waals surface area contributed by atoms with Crippen molar-refractivity contribution < 1.29 is 0 Å². The molecule has 4 heteroatoms. The number of thioether (sulfide) groups is 1. The average molecular weight is 264 g/mol. The van der Waals surface area contributed by atoms with E-state index in [4.69, 9.17) is 28.9 Å². The normalized spacial score (nSPS) is 23.8. The van der Waals surface area contributed by atoms with Crippen molar-refractivity contribution in [2.45, 2.75) is 25.6 Å². The molecule has 15 heavy (non-hydrogen) atoms. The molecule has 0 amide bonds. The molecule has 1 nitrogen and oxygen atoms in total. The van der Waals surface area contributed by atoms with Crippen molar-refractivity contribution in [2.75, 3.05) is 0 Å². The molecule has 1 aliphatic rings. The van der Waals surface area contributed by atoms with Gasteiger partial charge in [-0.2, -0.15) is 0 Å². The van der Waals surface area contributed by atoms with Gasteiger partial charge in [-0.15, -0.1) is 11.8 Å². The average Bonchev–Trinajstić information content (AvgIpc) is 2.13. The summed E-state index contributed by atoms with van der Waals surface area (Å²) in [6.07, 6.45) is 2.93. The Balaban J connectivity index is 2.80. The molecule has 1 unspecified atom stereocenters. The maximum absolute atomic E-state index is 6.12. The van der Waals surface area contributed by atoms with Crippen molar-refractivity contribution >= 4 is 35.0 Å². The van der Waals surface area contributed by atoms with Crippen LogP contribution in [0, 0.1) is 5.92 Å². The zero-order chi connectivity index (χ0) is 11.6. The van der Waals surface area contributed by atoms with Gasteiger partial charge < -0.3 is 5.73 Å². The smallest absolute Gasteiger partial charge is 0.0765 e. The summed E-state index contributed by atoms with van der Waals surface area (Å²) in [5, 5.41) is 1.24. The zero-order valence-corrected chi connectivity index (χ0v) is 11.2. The third kappa shape index (κ3) is 3.56. The lowest BCUT2D eigenvalue weighted by atomic mass is 10.0. The first kappa shape index (κ1) is 13.2. The fraction of sp³-hybridized carbons (Fsp3) is 0.455. The molecule has 1 rings (SSSR count). The van der Waals surface area contributed by atoms with Gasteiger partial charge in [-0.25, -0.2) is 0 Å². The van der Waals surface area contributed by atoms with E-state index < -0.39 is 0 Å². The Morgan fingerprint density at radius 2 is 2.27 bits per heavy atom. The standard InChI is InChI=1S/C11H15Cl2NS/c1-6(2)11(14)15-9-5-7(3)4-8(12)10(9)13/h5,7,11H,1,4,14H2,2-3H3/t7-,11?/m0/s1. The minimum absolute atomic E-state index is 0.125. The number of allylic oxidation sites excluding steroid dienone is 3. The molecule has 0 saturated carbocycles. The van der Waals surface area contributed by atoms with Gasteiger partial charge in [0.15, 0.2) is 0 Å². The maximum Gasteiger partial charge on any atom is 0.0765 e. The number of hydrogen-bond donors (Lipinski definition) is 1. The first-order chi connectivity index (χ1) is 6.91. The molecule has 0 aromatic rings. The van der Waals surface area contributed by atoms with Crippen LogP contribution in [0.25, 0.3) is 0 Å². The second-order valence-corrected chi connectivity index (χ2v) is 5.83. The third-order valence-corrected chi connectivity index (χ3v) is 4.37. The molecule has 0 heterocycles. The molecule has 0 saturated heterocycles. The van der Waals surface area contributed by atoms with Gasteiger partial charge in [-0.05, 0) is 19.3 Å². The summed E-state index contributed by atoms with van der Waals surface area (Å²) in [4.78, 5) is 0.968. The fourth-order valence-corrected chi connectivity index (χ4v) is 2.91. The lowest BCUT2D eigenvalue weighted by Crippen LogP contribution is -2.17. The monoisotopic (exact) mass is 263 g/mol. The molecule has 0 aliphatic heterocycles. The van der Waals surface area contributed by atoms with Crippen LogP contribution in [0.4, 0.5) is 0 Å². The lowest BCUT2D eigenvalue weighted by molar-refractivity contribution is 0.724. The second kappa shape index (κ2) is 5.44. The number of halogens is 2. The molecule has 0 spiro atoms. The van der Waals surface area contributed by atoms with Crippen LogP contribution in [0.1, 0.15) is 20.3 Å². The molecule has 2 atom stereocenters. The van der Waals surface area contributed by atoms with Gasteiger partial charge in [0.05, 0.1) is 10.4 Å². The molecular weight excluding hydrogens is 249 g/mol. The summed E-state index contributed by atoms with van der Waals surface area (Å²) in [5.74, 6) is 0.417. The van der Waals surface area contributed by atoms with Crippen molar-refractivity contribution in [2.24, 2.45) is 11.7 Å². The summed E-state index contributed by atoms with van der Waals surface area (Å²) in [6.45, 7) is 7.83. The predicted octanol–water partition coefficient (Wildman–Crippen LogP) is 4.19. The van der Waals surface area contributed by atoms with Crippen LogP contribution in [0.5, 0.6) is 0 Å². The number of hydrogen-bond acceptors (Lipinski definition) is 2. The van der Waals surface area contributed by atoms with Crippen molar-refractivity contribution in [3.8, 4) is 0 Å². The van der Waals surface area contributed by atoms with E-state index in [1.807, 2.05) is 6.92 Å². The van der Waals surface area contributed by atoms with E-state index in [0.29, 0.717) is 11.0 Å². The van der Waals surface area contributed by atoms with E-state index in [9.17, 15) is 0 Å². The Morgan fingerprint density at radius 1 is 1.67 bits per heavy atom. The largest absolute Gasteiger partial charge is 0.316 e. The Labute approximate surface area is 105 Å². The van der Waals surface area contributed by atoms with Crippen molar-refractivity contribution in [1.82, 2.24) is 0 Å². The van der Waals surface area contributed by atoms with Crippen LogP contribution in [0.15, 0.2) is 33.2 Å². The van der Waals surface area contributed by atoms with Gasteiger partial charge in [-0.1, -0.05) is 48.4 Å². The zero-order valence-electron chi connectivity index (χ0n) is 8.89. The SMILES string of the molecule is C=C(C)C(N)SC1=C[C@@H](C)CC(Cl)=C1Cl. The van der Waals surface area contributed by atoms with Crippen molar-refractivity contribution in [3.63, 3.8) is 0 Å². The second-order valence-electron chi connectivity index (χ2n) is 3.82. The predicted molar refractivity (Wildman–Crippen MR) is 71.0 cm³/mol. The highest BCUT2D eigenvalue weighted by molar-refractivity contribution is 8.04. The van der Waals surface area contributed by atoms with E-state index in [-0.39, 0.29) is 5.37 Å². The minimum atomic E-state index is -0.125. The molecule has 0 aromatic heterocycles. The fourth-order valence-electron chi connectivity index (χ4n) is 1.22. The Kier molecular flexibility index (Phi) is 4.78. The van der Waals surface area contributed by atoms with Crippen LogP contribution < -0.4 is 5.73 Å². The van der Waals surface area contributed by atoms with E-state index in [2.05, 4.69) is 19.6 Å². The Bertz CT molecular complexity index is 333. The van der Waals surface area contributed by atoms with Gasteiger partial charge in [0.25, 0.3) is 0 Å². The van der Waals surface area contributed by atoms with Crippen molar-refractivity contribution in [1.29, 1.82) is 0 Å². The molecular formula is C11H15Cl2NS. The molecule has 84 valence electrons. The summed E-state index contributed by atoms with van der Waals surface area (Å²) >= 11 is 13.7. The Morgan fingerprint density at radius 3 is 2.80 bits per heavy atom. The molecule has 2 N–H and O–H groups in total. The highest BCUT2D eigenvalue weighted by Gasteiger charge is 2.19. The summed E-state index contributed by atoms with van der Waals surface area (Å²) in [7, 11) is 0. The van der Waals surface area contributed by atoms with Crippen LogP contribution in [-0.4, -0.2) is 5.37 Å². The van der Waals surface area contributed by atoms with E-state index in [1.165, 1.54) is 11.8 Å². The van der Waals surface area contributed by atoms with Gasteiger partial charge in [0, 0.05) is 9.94 Å². The topological polar surface area (TPSA) is 26.0 Å². The Hall–Kier alpha value is 0.110. The van der Waals surface area contributed by atoms with Crippen LogP contribution >= 0.6 is 35.0 Å². The third-order valence-electron chi connectivity index (χ3n) is 2.13. The molecule has 0 bridgehead atoms. The first-order valence-corrected chi connectivity index (χ1v) is 6.39. The highest BCUT2D eigenvalue weighted by atomic mass is 35.5. The van der Waals surface area contributed by atoms with E-state index in [1.54, 1.807) is 0 Å². The van der Waals surface area contributed by atoms with Crippen molar-refractivity contribution in [3.05, 3.63) is 33.2 Å². The maximum atomic E-state index is 6.12. The first-order valence-electron chi connectivity index (χ1n) is 4.75. The van der Waals surface area contributed by atoms with Crippen LogP contribution in [0.2, 0.25) is 0 Å². The quantitative estimate of drug-likeness (QED) is 0.611. The summed E-state index contributed by atoms with van der Waals surface area (Å²) in [5.41, 5.74) is 6.83.